The third-order valence-electron chi connectivity index (χ3n) is 3.73. The van der Waals surface area contributed by atoms with Crippen molar-refractivity contribution in [3.05, 3.63) is 12.8 Å². The number of unbranched alkanes of at least 4 members (excludes halogenated alkanes) is 1. The minimum atomic E-state index is -7.37. The maximum absolute atomic E-state index is 14.2. The quantitative estimate of drug-likeness (QED) is 0.264. The Labute approximate surface area is 144 Å². The van der Waals surface area contributed by atoms with Crippen molar-refractivity contribution in [1.29, 1.82) is 0 Å². The molecule has 1 rings (SSSR count). The summed E-state index contributed by atoms with van der Waals surface area (Å²) in [6.45, 7) is 1.86. The largest absolute Gasteiger partial charge is 0.502 e. The van der Waals surface area contributed by atoms with Crippen LogP contribution in [0, 0.1) is 0 Å². The molecule has 0 N–H and O–H groups in total. The summed E-state index contributed by atoms with van der Waals surface area (Å²) >= 11 is 0. The van der Waals surface area contributed by atoms with E-state index in [1.165, 1.54) is 0 Å². The maximum atomic E-state index is 14.2. The summed E-state index contributed by atoms with van der Waals surface area (Å²) in [5.74, 6) is -40.0. The summed E-state index contributed by atoms with van der Waals surface area (Å²) < 4.78 is 155. The zero-order valence-corrected chi connectivity index (χ0v) is 13.0. The summed E-state index contributed by atoms with van der Waals surface area (Å²) in [5, 5.41) is 0. The molecule has 14 heteroatoms. The highest BCUT2D eigenvalue weighted by molar-refractivity contribution is 5.84. The van der Waals surface area contributed by atoms with Gasteiger partial charge in [0.1, 0.15) is 0 Å². The normalized spacial score (nSPS) is 26.0. The van der Waals surface area contributed by atoms with Crippen LogP contribution >= 0.6 is 0 Å². The van der Waals surface area contributed by atoms with Crippen molar-refractivity contribution in [2.75, 3.05) is 13.2 Å². The summed E-state index contributed by atoms with van der Waals surface area (Å²) in [4.78, 5) is 11.3. The van der Waals surface area contributed by atoms with Crippen LogP contribution in [0.3, 0.4) is 0 Å². The van der Waals surface area contributed by atoms with E-state index in [-0.39, 0.29) is 19.4 Å². The first-order valence-corrected chi connectivity index (χ1v) is 6.96. The maximum Gasteiger partial charge on any atom is 0.384 e. The van der Waals surface area contributed by atoms with Crippen LogP contribution in [0.1, 0.15) is 12.8 Å². The molecule has 0 aliphatic heterocycles. The summed E-state index contributed by atoms with van der Waals surface area (Å²) in [5.41, 5.74) is -6.76. The number of carbonyl (C=O) groups is 1. The average Bonchev–Trinajstić information content (AvgIpc) is 2.54. The molecular weight excluding hydrogens is 413 g/mol. The van der Waals surface area contributed by atoms with Gasteiger partial charge in [0.15, 0.2) is 0 Å². The molecule has 27 heavy (non-hydrogen) atoms. The van der Waals surface area contributed by atoms with E-state index in [0.29, 0.717) is 0 Å². The highest BCUT2D eigenvalue weighted by Crippen LogP contribution is 2.69. The van der Waals surface area contributed by atoms with Crippen molar-refractivity contribution in [3.63, 3.8) is 0 Å². The van der Waals surface area contributed by atoms with Gasteiger partial charge in [-0.2, -0.15) is 43.9 Å². The van der Waals surface area contributed by atoms with Crippen LogP contribution in [-0.4, -0.2) is 54.5 Å². The lowest BCUT2D eigenvalue weighted by Gasteiger charge is -2.50. The molecule has 0 spiro atoms. The van der Waals surface area contributed by atoms with Crippen LogP contribution in [0.5, 0.6) is 0 Å². The molecule has 0 radical (unpaired) electrons. The average molecular weight is 424 g/mol. The number of carbonyl (C=O) groups excluding carboxylic acids is 1. The standard InChI is InChI=1S/C13H11F11O3/c1-2-26-5-3-4-6-27-7(25)8(14)9(15,16)11(19,20)13(23,24)12(21,22)10(8,17)18/h2H,1,3-6H2. The van der Waals surface area contributed by atoms with Crippen LogP contribution in [0.2, 0.25) is 0 Å². The summed E-state index contributed by atoms with van der Waals surface area (Å²) in [6, 6.07) is 0. The smallest absolute Gasteiger partial charge is 0.384 e. The number of alkyl halides is 11. The first-order chi connectivity index (χ1) is 12.0. The van der Waals surface area contributed by atoms with Crippen molar-refractivity contribution in [2.45, 2.75) is 48.1 Å². The van der Waals surface area contributed by atoms with Crippen LogP contribution in [0.4, 0.5) is 48.3 Å². The van der Waals surface area contributed by atoms with Gasteiger partial charge in [-0.25, -0.2) is 9.18 Å². The van der Waals surface area contributed by atoms with E-state index in [9.17, 15) is 53.1 Å². The molecule has 1 aliphatic carbocycles. The lowest BCUT2D eigenvalue weighted by molar-refractivity contribution is -0.478. The van der Waals surface area contributed by atoms with Gasteiger partial charge in [0.05, 0.1) is 19.5 Å². The van der Waals surface area contributed by atoms with Crippen LogP contribution in [0.25, 0.3) is 0 Å². The predicted molar refractivity (Wildman–Crippen MR) is 64.9 cm³/mol. The minimum absolute atomic E-state index is 0.0598. The van der Waals surface area contributed by atoms with Crippen molar-refractivity contribution in [3.8, 4) is 0 Å². The Morgan fingerprint density at radius 1 is 0.704 bits per heavy atom. The first-order valence-electron chi connectivity index (χ1n) is 6.96. The minimum Gasteiger partial charge on any atom is -0.502 e. The third kappa shape index (κ3) is 2.73. The molecule has 0 heterocycles. The second-order valence-electron chi connectivity index (χ2n) is 5.41. The number of ether oxygens (including phenoxy) is 2. The molecule has 0 aromatic heterocycles. The second kappa shape index (κ2) is 6.69. The number of esters is 1. The molecule has 1 saturated carbocycles. The molecule has 0 atom stereocenters. The molecule has 158 valence electrons. The van der Waals surface area contributed by atoms with Crippen molar-refractivity contribution >= 4 is 5.97 Å². The Kier molecular flexibility index (Phi) is 5.77. The Bertz CT molecular complexity index is 558. The molecule has 0 aromatic carbocycles. The Balaban J connectivity index is 3.25. The first kappa shape index (κ1) is 23.3. The van der Waals surface area contributed by atoms with Gasteiger partial charge >= 0.3 is 41.3 Å². The van der Waals surface area contributed by atoms with Gasteiger partial charge in [-0.1, -0.05) is 6.58 Å². The van der Waals surface area contributed by atoms with Crippen molar-refractivity contribution in [2.24, 2.45) is 0 Å². The fourth-order valence-electron chi connectivity index (χ4n) is 2.11. The lowest BCUT2D eigenvalue weighted by atomic mass is 9.72. The van der Waals surface area contributed by atoms with E-state index in [1.807, 2.05) is 0 Å². The van der Waals surface area contributed by atoms with Gasteiger partial charge in [0.25, 0.3) is 0 Å². The van der Waals surface area contributed by atoms with E-state index in [0.717, 1.165) is 6.26 Å². The van der Waals surface area contributed by atoms with Crippen molar-refractivity contribution < 1.29 is 62.6 Å². The molecule has 0 unspecified atom stereocenters. The van der Waals surface area contributed by atoms with E-state index in [4.69, 9.17) is 0 Å². The number of hydrogen-bond donors (Lipinski definition) is 0. The predicted octanol–water partition coefficient (Wildman–Crippen LogP) is 4.37. The zero-order chi connectivity index (χ0) is 21.5. The summed E-state index contributed by atoms with van der Waals surface area (Å²) in [7, 11) is 0. The third-order valence-corrected chi connectivity index (χ3v) is 3.73. The van der Waals surface area contributed by atoms with Gasteiger partial charge in [0.2, 0.25) is 0 Å². The lowest BCUT2D eigenvalue weighted by Crippen LogP contribution is -2.85. The highest BCUT2D eigenvalue weighted by Gasteiger charge is 3.03. The van der Waals surface area contributed by atoms with Crippen LogP contribution in [0.15, 0.2) is 12.8 Å². The van der Waals surface area contributed by atoms with Gasteiger partial charge in [-0.15, -0.1) is 0 Å². The topological polar surface area (TPSA) is 35.5 Å². The number of rotatable bonds is 7. The molecule has 0 saturated heterocycles. The van der Waals surface area contributed by atoms with Gasteiger partial charge in [-0.3, -0.25) is 0 Å². The van der Waals surface area contributed by atoms with E-state index < -0.39 is 47.9 Å². The van der Waals surface area contributed by atoms with Crippen LogP contribution in [-0.2, 0) is 14.3 Å². The molecule has 1 aliphatic rings. The molecule has 3 nitrogen and oxygen atoms in total. The second-order valence-corrected chi connectivity index (χ2v) is 5.41. The fraction of sp³-hybridized carbons (Fsp3) is 0.769. The van der Waals surface area contributed by atoms with E-state index in [2.05, 4.69) is 16.1 Å². The molecule has 0 aromatic rings. The summed E-state index contributed by atoms with van der Waals surface area (Å²) in [6.07, 6.45) is 0.515. The Morgan fingerprint density at radius 2 is 1.07 bits per heavy atom. The SMILES string of the molecule is C=COCCCCOC(=O)C1(F)C(F)(F)C(F)(F)C(F)(F)C(F)(F)C1(F)F. The molecule has 1 fully saturated rings. The highest BCUT2D eigenvalue weighted by atomic mass is 19.4. The van der Waals surface area contributed by atoms with Gasteiger partial charge in [0, 0.05) is 0 Å². The number of halogens is 11. The van der Waals surface area contributed by atoms with Crippen molar-refractivity contribution in [1.82, 2.24) is 0 Å². The zero-order valence-electron chi connectivity index (χ0n) is 13.0. The number of hydrogen-bond acceptors (Lipinski definition) is 3. The van der Waals surface area contributed by atoms with Gasteiger partial charge in [-0.05, 0) is 12.8 Å². The monoisotopic (exact) mass is 424 g/mol. The van der Waals surface area contributed by atoms with E-state index >= 15 is 0 Å². The molecule has 0 bridgehead atoms. The Hall–Kier alpha value is -1.76. The van der Waals surface area contributed by atoms with E-state index in [1.54, 1.807) is 0 Å². The molecule has 0 amide bonds. The Morgan fingerprint density at radius 3 is 1.48 bits per heavy atom. The van der Waals surface area contributed by atoms with Crippen LogP contribution < -0.4 is 0 Å². The molecular formula is C13H11F11O3. The van der Waals surface area contributed by atoms with Gasteiger partial charge < -0.3 is 9.47 Å². The fourth-order valence-corrected chi connectivity index (χ4v) is 2.11.